The van der Waals surface area contributed by atoms with Gasteiger partial charge in [0, 0.05) is 12.5 Å². The van der Waals surface area contributed by atoms with Gasteiger partial charge in [-0.05, 0) is 30.3 Å². The zero-order valence-corrected chi connectivity index (χ0v) is 17.9. The van der Waals surface area contributed by atoms with Crippen LogP contribution in [0.1, 0.15) is 29.5 Å². The lowest BCUT2D eigenvalue weighted by molar-refractivity contribution is -0.131. The lowest BCUT2D eigenvalue weighted by Crippen LogP contribution is -2.26. The molecular formula is C27H16O7. The molecule has 34 heavy (non-hydrogen) atoms. The van der Waals surface area contributed by atoms with E-state index in [0.29, 0.717) is 27.7 Å². The van der Waals surface area contributed by atoms with Crippen LogP contribution in [0.15, 0.2) is 91.2 Å². The van der Waals surface area contributed by atoms with Crippen LogP contribution in [0.5, 0.6) is 17.2 Å². The van der Waals surface area contributed by atoms with Crippen LogP contribution in [0, 0.1) is 0 Å². The third-order valence-electron chi connectivity index (χ3n) is 5.86. The Morgan fingerprint density at radius 1 is 0.765 bits per heavy atom. The number of fused-ring (bicyclic) bond motifs is 5. The summed E-state index contributed by atoms with van der Waals surface area (Å²) in [6, 6.07) is 20.8. The molecule has 0 amide bonds. The number of rotatable bonds is 2. The third-order valence-corrected chi connectivity index (χ3v) is 5.86. The molecule has 166 valence electrons. The number of ether oxygens (including phenoxy) is 2. The molecule has 1 aliphatic heterocycles. The molecule has 3 aromatic carbocycles. The minimum Gasteiger partial charge on any atom is -0.456 e. The molecule has 6 rings (SSSR count). The van der Waals surface area contributed by atoms with Crippen molar-refractivity contribution >= 4 is 27.9 Å². The average molecular weight is 452 g/mol. The molecule has 7 nitrogen and oxygen atoms in total. The van der Waals surface area contributed by atoms with E-state index in [1.165, 1.54) is 6.92 Å². The summed E-state index contributed by atoms with van der Waals surface area (Å²) in [7, 11) is 0. The smallest absolute Gasteiger partial charge is 0.344 e. The predicted molar refractivity (Wildman–Crippen MR) is 124 cm³/mol. The number of hydrogen-bond acceptors (Lipinski definition) is 7. The zero-order chi connectivity index (χ0) is 23.4. The summed E-state index contributed by atoms with van der Waals surface area (Å²) in [4.78, 5) is 38.8. The highest BCUT2D eigenvalue weighted by atomic mass is 16.5. The highest BCUT2D eigenvalue weighted by molar-refractivity contribution is 5.90. The van der Waals surface area contributed by atoms with Gasteiger partial charge >= 0.3 is 17.2 Å². The van der Waals surface area contributed by atoms with E-state index in [2.05, 4.69) is 0 Å². The van der Waals surface area contributed by atoms with Crippen molar-refractivity contribution in [2.45, 2.75) is 12.8 Å². The Hall–Kier alpha value is -4.65. The van der Waals surface area contributed by atoms with Crippen LogP contribution in [0.25, 0.3) is 21.9 Å². The van der Waals surface area contributed by atoms with Gasteiger partial charge in [0.25, 0.3) is 0 Å². The van der Waals surface area contributed by atoms with E-state index in [4.69, 9.17) is 18.3 Å². The van der Waals surface area contributed by atoms with Gasteiger partial charge in [0.1, 0.15) is 22.7 Å². The van der Waals surface area contributed by atoms with Crippen LogP contribution in [-0.2, 0) is 4.79 Å². The molecule has 0 radical (unpaired) electrons. The van der Waals surface area contributed by atoms with Crippen molar-refractivity contribution in [3.8, 4) is 17.2 Å². The van der Waals surface area contributed by atoms with Crippen molar-refractivity contribution in [3.63, 3.8) is 0 Å². The Labute approximate surface area is 191 Å². The van der Waals surface area contributed by atoms with E-state index in [9.17, 15) is 14.4 Å². The van der Waals surface area contributed by atoms with Gasteiger partial charge in [0.05, 0.1) is 27.8 Å². The molecule has 5 aromatic rings. The minimum atomic E-state index is -0.948. The standard InChI is InChI=1S/C27H16O7/c1-14(28)31-24-16-9-3-6-12-19(16)33-26(29)22(24)21-15-8-2-5-11-18(15)32-25-17-10-4-7-13-20(17)34-27(30)23(21)25/h2-13,21H,1H3. The molecule has 0 spiro atoms. The molecule has 1 unspecified atom stereocenters. The van der Waals surface area contributed by atoms with E-state index in [1.54, 1.807) is 72.8 Å². The summed E-state index contributed by atoms with van der Waals surface area (Å²) in [5.74, 6) is -0.757. The van der Waals surface area contributed by atoms with Gasteiger partial charge in [-0.25, -0.2) is 9.59 Å². The lowest BCUT2D eigenvalue weighted by Gasteiger charge is -2.28. The van der Waals surface area contributed by atoms with Gasteiger partial charge in [-0.2, -0.15) is 0 Å². The molecule has 7 heteroatoms. The summed E-state index contributed by atoms with van der Waals surface area (Å²) < 4.78 is 23.0. The molecular weight excluding hydrogens is 436 g/mol. The van der Waals surface area contributed by atoms with Gasteiger partial charge in [-0.15, -0.1) is 0 Å². The molecule has 0 saturated carbocycles. The summed E-state index contributed by atoms with van der Waals surface area (Å²) in [6.07, 6.45) is 0. The van der Waals surface area contributed by atoms with Crippen molar-refractivity contribution in [1.82, 2.24) is 0 Å². The molecule has 0 saturated heterocycles. The van der Waals surface area contributed by atoms with Crippen molar-refractivity contribution in [2.24, 2.45) is 0 Å². The van der Waals surface area contributed by atoms with Crippen molar-refractivity contribution in [3.05, 3.63) is 110 Å². The zero-order valence-electron chi connectivity index (χ0n) is 17.9. The maximum Gasteiger partial charge on any atom is 0.344 e. The van der Waals surface area contributed by atoms with Crippen LogP contribution in [0.4, 0.5) is 0 Å². The summed E-state index contributed by atoms with van der Waals surface area (Å²) >= 11 is 0. The van der Waals surface area contributed by atoms with Gasteiger partial charge in [-0.1, -0.05) is 42.5 Å². The Morgan fingerprint density at radius 2 is 1.35 bits per heavy atom. The minimum absolute atomic E-state index is 0.0217. The molecule has 2 aromatic heterocycles. The second kappa shape index (κ2) is 7.45. The predicted octanol–water partition coefficient (Wildman–Crippen LogP) is 5.11. The lowest BCUT2D eigenvalue weighted by atomic mass is 9.82. The number of para-hydroxylation sites is 3. The maximum atomic E-state index is 13.4. The normalized spacial score (nSPS) is 14.3. The fraction of sp³-hybridized carbons (Fsp3) is 0.0741. The van der Waals surface area contributed by atoms with Crippen LogP contribution in [0.3, 0.4) is 0 Å². The largest absolute Gasteiger partial charge is 0.456 e. The number of hydrogen-bond donors (Lipinski definition) is 0. The first-order chi connectivity index (χ1) is 16.5. The van der Waals surface area contributed by atoms with Gasteiger partial charge in [-0.3, -0.25) is 4.79 Å². The fourth-order valence-electron chi connectivity index (χ4n) is 4.51. The quantitative estimate of drug-likeness (QED) is 0.266. The second-order valence-corrected chi connectivity index (χ2v) is 7.92. The van der Waals surface area contributed by atoms with Crippen molar-refractivity contribution < 1.29 is 23.1 Å². The number of carbonyl (C=O) groups excluding carboxylic acids is 1. The SMILES string of the molecule is CC(=O)Oc1c(C2c3ccccc3Oc3c2c(=O)oc2ccccc32)c(=O)oc2ccccc12. The fourth-order valence-corrected chi connectivity index (χ4v) is 4.51. The topological polar surface area (TPSA) is 96.0 Å². The molecule has 0 aliphatic carbocycles. The van der Waals surface area contributed by atoms with Crippen LogP contribution < -0.4 is 20.7 Å². The van der Waals surface area contributed by atoms with E-state index in [0.717, 1.165) is 0 Å². The van der Waals surface area contributed by atoms with E-state index in [1.807, 2.05) is 0 Å². The van der Waals surface area contributed by atoms with Gasteiger partial charge in [0.2, 0.25) is 0 Å². The van der Waals surface area contributed by atoms with Crippen LogP contribution in [0.2, 0.25) is 0 Å². The Morgan fingerprint density at radius 3 is 2.09 bits per heavy atom. The Bertz CT molecular complexity index is 1740. The summed E-state index contributed by atoms with van der Waals surface area (Å²) in [5.41, 5.74) is -0.0612. The monoisotopic (exact) mass is 452 g/mol. The molecule has 1 aliphatic rings. The molecule has 0 fully saturated rings. The van der Waals surface area contributed by atoms with Crippen LogP contribution >= 0.6 is 0 Å². The maximum absolute atomic E-state index is 13.4. The van der Waals surface area contributed by atoms with E-state index in [-0.39, 0.29) is 28.2 Å². The highest BCUT2D eigenvalue weighted by Gasteiger charge is 2.38. The average Bonchev–Trinajstić information content (AvgIpc) is 2.83. The molecule has 3 heterocycles. The number of carbonyl (C=O) groups is 1. The Balaban J connectivity index is 1.78. The first-order valence-corrected chi connectivity index (χ1v) is 10.6. The number of esters is 1. The molecule has 1 atom stereocenters. The molecule has 0 N–H and O–H groups in total. The van der Waals surface area contributed by atoms with Crippen LogP contribution in [-0.4, -0.2) is 5.97 Å². The Kier molecular flexibility index (Phi) is 4.38. The van der Waals surface area contributed by atoms with E-state index < -0.39 is 23.1 Å². The third kappa shape index (κ3) is 2.94. The van der Waals surface area contributed by atoms with E-state index >= 15 is 0 Å². The first-order valence-electron chi connectivity index (χ1n) is 10.6. The van der Waals surface area contributed by atoms with Gasteiger partial charge < -0.3 is 18.3 Å². The summed E-state index contributed by atoms with van der Waals surface area (Å²) in [5, 5.41) is 1.01. The van der Waals surface area contributed by atoms with Crippen molar-refractivity contribution in [1.29, 1.82) is 0 Å². The highest BCUT2D eigenvalue weighted by Crippen LogP contribution is 2.50. The summed E-state index contributed by atoms with van der Waals surface area (Å²) in [6.45, 7) is 1.25. The second-order valence-electron chi connectivity index (χ2n) is 7.92. The first kappa shape index (κ1) is 20.0. The molecule has 0 bridgehead atoms. The van der Waals surface area contributed by atoms with Gasteiger partial charge in [0.15, 0.2) is 5.75 Å². The number of benzene rings is 3. The van der Waals surface area contributed by atoms with Crippen molar-refractivity contribution in [2.75, 3.05) is 0 Å².